The maximum atomic E-state index is 10.5. The lowest BCUT2D eigenvalue weighted by atomic mass is 9.86. The van der Waals surface area contributed by atoms with Crippen LogP contribution in [0.15, 0.2) is 0 Å². The van der Waals surface area contributed by atoms with Crippen LogP contribution in [0.5, 0.6) is 0 Å². The molecule has 0 fully saturated rings. The molecule has 0 rings (SSSR count). The van der Waals surface area contributed by atoms with Crippen LogP contribution in [-0.2, 0) is 9.59 Å². The van der Waals surface area contributed by atoms with Gasteiger partial charge in [-0.1, -0.05) is 0 Å². The second-order valence-electron chi connectivity index (χ2n) is 2.77. The Bertz CT molecular complexity index is 172. The third-order valence-corrected chi connectivity index (χ3v) is 1.78. The molecular formula is C7H12O5. The molecule has 0 aliphatic heterocycles. The van der Waals surface area contributed by atoms with Crippen LogP contribution in [-0.4, -0.2) is 33.9 Å². The van der Waals surface area contributed by atoms with Crippen LogP contribution >= 0.6 is 0 Å². The predicted molar refractivity (Wildman–Crippen MR) is 39.7 cm³/mol. The molecule has 5 heteroatoms. The first-order valence-electron chi connectivity index (χ1n) is 3.53. The van der Waals surface area contributed by atoms with E-state index >= 15 is 0 Å². The predicted octanol–water partition coefficient (Wildman–Crippen LogP) is -0.0656. The first-order chi connectivity index (χ1) is 5.45. The van der Waals surface area contributed by atoms with Gasteiger partial charge in [0.1, 0.15) is 0 Å². The van der Waals surface area contributed by atoms with Crippen molar-refractivity contribution in [2.45, 2.75) is 19.8 Å². The molecule has 0 spiro atoms. The molecule has 0 heterocycles. The molecule has 0 aromatic carbocycles. The molecule has 0 radical (unpaired) electrons. The van der Waals surface area contributed by atoms with Crippen molar-refractivity contribution in [2.75, 3.05) is 6.61 Å². The topological polar surface area (TPSA) is 94.8 Å². The van der Waals surface area contributed by atoms with Gasteiger partial charge in [-0.3, -0.25) is 9.59 Å². The highest BCUT2D eigenvalue weighted by Crippen LogP contribution is 2.23. The number of carboxylic acid groups (broad SMARTS) is 2. The molecule has 0 amide bonds. The number of rotatable bonds is 5. The van der Waals surface area contributed by atoms with Crippen molar-refractivity contribution >= 4 is 11.9 Å². The van der Waals surface area contributed by atoms with E-state index in [0.717, 1.165) is 6.92 Å². The third-order valence-electron chi connectivity index (χ3n) is 1.78. The highest BCUT2D eigenvalue weighted by atomic mass is 16.4. The minimum atomic E-state index is -1.78. The van der Waals surface area contributed by atoms with E-state index in [1.165, 1.54) is 0 Å². The molecule has 0 saturated carbocycles. The molecule has 0 aromatic heterocycles. The number of aliphatic hydroxyl groups is 1. The van der Waals surface area contributed by atoms with Gasteiger partial charge in [0.25, 0.3) is 0 Å². The first kappa shape index (κ1) is 10.9. The molecule has 0 aliphatic carbocycles. The number of hydrogen-bond acceptors (Lipinski definition) is 3. The zero-order chi connectivity index (χ0) is 9.78. The molecule has 0 saturated heterocycles. The molecular weight excluding hydrogens is 164 g/mol. The van der Waals surface area contributed by atoms with Crippen molar-refractivity contribution in [3.63, 3.8) is 0 Å². The van der Waals surface area contributed by atoms with Gasteiger partial charge in [0, 0.05) is 6.61 Å². The van der Waals surface area contributed by atoms with Crippen LogP contribution in [0.1, 0.15) is 19.8 Å². The van der Waals surface area contributed by atoms with Gasteiger partial charge in [0.15, 0.2) is 5.41 Å². The van der Waals surface area contributed by atoms with Gasteiger partial charge >= 0.3 is 11.9 Å². The fourth-order valence-corrected chi connectivity index (χ4v) is 0.738. The highest BCUT2D eigenvalue weighted by Gasteiger charge is 2.40. The summed E-state index contributed by atoms with van der Waals surface area (Å²) in [5.74, 6) is -2.74. The molecule has 0 bridgehead atoms. The van der Waals surface area contributed by atoms with E-state index in [2.05, 4.69) is 0 Å². The molecule has 70 valence electrons. The van der Waals surface area contributed by atoms with E-state index in [-0.39, 0.29) is 19.4 Å². The fraction of sp³-hybridized carbons (Fsp3) is 0.714. The van der Waals surface area contributed by atoms with E-state index in [9.17, 15) is 9.59 Å². The van der Waals surface area contributed by atoms with Crippen molar-refractivity contribution in [1.82, 2.24) is 0 Å². The van der Waals surface area contributed by atoms with Crippen LogP contribution in [0, 0.1) is 5.41 Å². The Morgan fingerprint density at radius 3 is 1.92 bits per heavy atom. The molecule has 5 nitrogen and oxygen atoms in total. The molecule has 3 N–H and O–H groups in total. The lowest BCUT2D eigenvalue weighted by Gasteiger charge is -2.18. The van der Waals surface area contributed by atoms with Gasteiger partial charge in [-0.2, -0.15) is 0 Å². The van der Waals surface area contributed by atoms with E-state index in [1.54, 1.807) is 0 Å². The number of hydrogen-bond donors (Lipinski definition) is 3. The average Bonchev–Trinajstić information content (AvgIpc) is 1.99. The summed E-state index contributed by atoms with van der Waals surface area (Å²) < 4.78 is 0. The summed E-state index contributed by atoms with van der Waals surface area (Å²) in [5.41, 5.74) is -1.78. The zero-order valence-corrected chi connectivity index (χ0v) is 6.78. The monoisotopic (exact) mass is 176 g/mol. The molecule has 0 aromatic rings. The summed E-state index contributed by atoms with van der Waals surface area (Å²) in [7, 11) is 0. The molecule has 0 aliphatic rings. The van der Waals surface area contributed by atoms with E-state index in [0.29, 0.717) is 0 Å². The van der Waals surface area contributed by atoms with Crippen LogP contribution in [0.3, 0.4) is 0 Å². The Hall–Kier alpha value is -1.10. The van der Waals surface area contributed by atoms with E-state index in [1.807, 2.05) is 0 Å². The van der Waals surface area contributed by atoms with Crippen LogP contribution in [0.4, 0.5) is 0 Å². The number of carbonyl (C=O) groups is 2. The van der Waals surface area contributed by atoms with Crippen LogP contribution < -0.4 is 0 Å². The van der Waals surface area contributed by atoms with Gasteiger partial charge in [0.2, 0.25) is 0 Å². The Morgan fingerprint density at radius 2 is 1.67 bits per heavy atom. The minimum Gasteiger partial charge on any atom is -0.480 e. The highest BCUT2D eigenvalue weighted by molar-refractivity contribution is 5.97. The lowest BCUT2D eigenvalue weighted by Crippen LogP contribution is -2.36. The average molecular weight is 176 g/mol. The van der Waals surface area contributed by atoms with Crippen LogP contribution in [0.2, 0.25) is 0 Å². The summed E-state index contributed by atoms with van der Waals surface area (Å²) in [5, 5.41) is 25.5. The van der Waals surface area contributed by atoms with Crippen molar-refractivity contribution in [1.29, 1.82) is 0 Å². The number of aliphatic carboxylic acids is 2. The zero-order valence-electron chi connectivity index (χ0n) is 6.78. The van der Waals surface area contributed by atoms with Crippen molar-refractivity contribution in [2.24, 2.45) is 5.41 Å². The molecule has 12 heavy (non-hydrogen) atoms. The lowest BCUT2D eigenvalue weighted by molar-refractivity contribution is -0.163. The van der Waals surface area contributed by atoms with Gasteiger partial charge < -0.3 is 15.3 Å². The fourth-order valence-electron chi connectivity index (χ4n) is 0.738. The second-order valence-corrected chi connectivity index (χ2v) is 2.77. The third kappa shape index (κ3) is 2.20. The van der Waals surface area contributed by atoms with Gasteiger partial charge in [-0.05, 0) is 19.8 Å². The molecule has 0 atom stereocenters. The number of aliphatic hydroxyl groups excluding tert-OH is 1. The first-order valence-corrected chi connectivity index (χ1v) is 3.53. The maximum Gasteiger partial charge on any atom is 0.320 e. The Kier molecular flexibility index (Phi) is 3.69. The summed E-state index contributed by atoms with van der Waals surface area (Å²) in [4.78, 5) is 21.0. The SMILES string of the molecule is CC(CCCO)(C(=O)O)C(=O)O. The van der Waals surface area contributed by atoms with E-state index < -0.39 is 17.4 Å². The molecule has 0 unspecified atom stereocenters. The minimum absolute atomic E-state index is 0.0613. The smallest absolute Gasteiger partial charge is 0.320 e. The van der Waals surface area contributed by atoms with Crippen molar-refractivity contribution in [3.05, 3.63) is 0 Å². The van der Waals surface area contributed by atoms with E-state index in [4.69, 9.17) is 15.3 Å². The van der Waals surface area contributed by atoms with Crippen molar-refractivity contribution < 1.29 is 24.9 Å². The second kappa shape index (κ2) is 4.06. The van der Waals surface area contributed by atoms with Gasteiger partial charge in [0.05, 0.1) is 0 Å². The summed E-state index contributed by atoms with van der Waals surface area (Å²) in [6, 6.07) is 0. The Balaban J connectivity index is 4.40. The quantitative estimate of drug-likeness (QED) is 0.510. The summed E-state index contributed by atoms with van der Waals surface area (Å²) >= 11 is 0. The maximum absolute atomic E-state index is 10.5. The summed E-state index contributed by atoms with van der Waals surface area (Å²) in [6.45, 7) is 0.934. The Morgan fingerprint density at radius 1 is 1.25 bits per heavy atom. The number of carboxylic acids is 2. The standard InChI is InChI=1S/C7H12O5/c1-7(5(9)10,6(11)12)3-2-4-8/h8H,2-4H2,1H3,(H,9,10)(H,11,12). The van der Waals surface area contributed by atoms with Gasteiger partial charge in [-0.15, -0.1) is 0 Å². The summed E-state index contributed by atoms with van der Waals surface area (Å²) in [6.07, 6.45) is 0.114. The Labute approximate surface area is 69.6 Å². The normalized spacial score (nSPS) is 11.2. The van der Waals surface area contributed by atoms with Crippen molar-refractivity contribution in [3.8, 4) is 0 Å². The van der Waals surface area contributed by atoms with Crippen LogP contribution in [0.25, 0.3) is 0 Å². The largest absolute Gasteiger partial charge is 0.480 e. The van der Waals surface area contributed by atoms with Gasteiger partial charge in [-0.25, -0.2) is 0 Å².